The van der Waals surface area contributed by atoms with E-state index in [1.807, 2.05) is 0 Å². The molecular formula is C21H32O6. The summed E-state index contributed by atoms with van der Waals surface area (Å²) >= 11 is 0. The monoisotopic (exact) mass is 380 g/mol. The molecule has 1 heterocycles. The minimum Gasteiger partial charge on any atom is -0.393 e. The fraction of sp³-hybridized carbons (Fsp3) is 0.952. The number of rotatable bonds is 0. The molecule has 5 fully saturated rings. The second kappa shape index (κ2) is 5.76. The van der Waals surface area contributed by atoms with Gasteiger partial charge in [0.1, 0.15) is 5.78 Å². The Hall–Kier alpha value is -0.530. The molecule has 27 heavy (non-hydrogen) atoms. The van der Waals surface area contributed by atoms with Crippen molar-refractivity contribution in [2.45, 2.75) is 76.5 Å². The first-order valence-corrected chi connectivity index (χ1v) is 10.6. The summed E-state index contributed by atoms with van der Waals surface area (Å²) in [5.41, 5.74) is -0.976. The topological polar surface area (TPSA) is 96.2 Å². The van der Waals surface area contributed by atoms with E-state index >= 15 is 0 Å². The minimum absolute atomic E-state index is 0.0435. The van der Waals surface area contributed by atoms with Crippen LogP contribution in [-0.2, 0) is 14.3 Å². The highest BCUT2D eigenvalue weighted by atomic mass is 16.7. The van der Waals surface area contributed by atoms with Gasteiger partial charge in [0.05, 0.1) is 36.9 Å². The number of aliphatic hydroxyl groups excluding tert-OH is 3. The van der Waals surface area contributed by atoms with Gasteiger partial charge in [-0.3, -0.25) is 4.79 Å². The first kappa shape index (κ1) is 18.5. The average molecular weight is 380 g/mol. The van der Waals surface area contributed by atoms with Crippen LogP contribution in [0.3, 0.4) is 0 Å². The summed E-state index contributed by atoms with van der Waals surface area (Å²) in [6.45, 7) is 5.34. The molecule has 0 unspecified atom stereocenters. The molecule has 0 aromatic rings. The summed E-state index contributed by atoms with van der Waals surface area (Å²) in [6.07, 6.45) is 1.71. The SMILES string of the molecule is C[C@]12CCC3(C[C@@H]1C[C@@H](O)[C@H]1[C@H]4[C@@H](O)CC(=O)[C@]4(C)[C@@H](O)C[C@H]12)OCCO3. The Kier molecular flexibility index (Phi) is 3.94. The van der Waals surface area contributed by atoms with Crippen LogP contribution < -0.4 is 0 Å². The van der Waals surface area contributed by atoms with Crippen molar-refractivity contribution in [1.29, 1.82) is 0 Å². The Balaban J connectivity index is 1.51. The fourth-order valence-corrected chi connectivity index (χ4v) is 7.72. The highest BCUT2D eigenvalue weighted by Gasteiger charge is 2.68. The highest BCUT2D eigenvalue weighted by molar-refractivity contribution is 5.88. The molecular weight excluding hydrogens is 348 g/mol. The van der Waals surface area contributed by atoms with E-state index in [1.165, 1.54) is 0 Å². The molecule has 3 N–H and O–H groups in total. The summed E-state index contributed by atoms with van der Waals surface area (Å²) in [7, 11) is 0. The molecule has 5 aliphatic rings. The van der Waals surface area contributed by atoms with Crippen molar-refractivity contribution >= 4 is 5.78 Å². The second-order valence-electron chi connectivity index (χ2n) is 10.3. The van der Waals surface area contributed by atoms with Crippen LogP contribution in [0.4, 0.5) is 0 Å². The van der Waals surface area contributed by atoms with Crippen LogP contribution in [0.25, 0.3) is 0 Å². The molecule has 152 valence electrons. The molecule has 1 saturated heterocycles. The number of Topliss-reactive ketones (excluding diaryl/α,β-unsaturated/α-hetero) is 1. The van der Waals surface area contributed by atoms with Gasteiger partial charge in [0.2, 0.25) is 0 Å². The highest BCUT2D eigenvalue weighted by Crippen LogP contribution is 2.66. The minimum atomic E-state index is -0.932. The third-order valence-corrected chi connectivity index (χ3v) is 9.32. The molecule has 0 radical (unpaired) electrons. The molecule has 4 saturated carbocycles. The summed E-state index contributed by atoms with van der Waals surface area (Å²) < 4.78 is 11.9. The van der Waals surface area contributed by atoms with Gasteiger partial charge in [0.25, 0.3) is 0 Å². The van der Waals surface area contributed by atoms with Crippen molar-refractivity contribution in [3.63, 3.8) is 0 Å². The standard InChI is InChI=1S/C21H32O6/c1-19-3-4-21(26-5-6-27-21)10-11(19)7-13(22)17-12(19)8-15(24)20(2)16(25)9-14(23)18(17)20/h11-15,17-18,22-24H,3-10H2,1-2H3/t11-,12+,13+,14-,15-,17-,18+,19-,20-/m0/s1. The van der Waals surface area contributed by atoms with Gasteiger partial charge in [-0.2, -0.15) is 0 Å². The molecule has 0 aromatic carbocycles. The Morgan fingerprint density at radius 3 is 2.41 bits per heavy atom. The molecule has 0 aromatic heterocycles. The van der Waals surface area contributed by atoms with E-state index in [0.29, 0.717) is 26.1 Å². The van der Waals surface area contributed by atoms with Crippen LogP contribution in [0.2, 0.25) is 0 Å². The lowest BCUT2D eigenvalue weighted by Gasteiger charge is -2.63. The molecule has 0 bridgehead atoms. The molecule has 1 aliphatic heterocycles. The second-order valence-corrected chi connectivity index (χ2v) is 10.3. The van der Waals surface area contributed by atoms with Crippen molar-refractivity contribution in [3.8, 4) is 0 Å². The zero-order valence-corrected chi connectivity index (χ0v) is 16.3. The third-order valence-electron chi connectivity index (χ3n) is 9.32. The number of fused-ring (bicyclic) bond motifs is 5. The van der Waals surface area contributed by atoms with Gasteiger partial charge in [-0.15, -0.1) is 0 Å². The van der Waals surface area contributed by atoms with E-state index in [2.05, 4.69) is 6.92 Å². The average Bonchev–Trinajstić information content (AvgIpc) is 3.15. The van der Waals surface area contributed by atoms with Crippen LogP contribution in [0.1, 0.15) is 52.4 Å². The lowest BCUT2D eigenvalue weighted by atomic mass is 9.43. The lowest BCUT2D eigenvalue weighted by molar-refractivity contribution is -0.252. The zero-order chi connectivity index (χ0) is 19.2. The van der Waals surface area contributed by atoms with Gasteiger partial charge in [0.15, 0.2) is 5.79 Å². The first-order valence-electron chi connectivity index (χ1n) is 10.6. The van der Waals surface area contributed by atoms with Gasteiger partial charge in [-0.05, 0) is 49.4 Å². The fourth-order valence-electron chi connectivity index (χ4n) is 7.72. The smallest absolute Gasteiger partial charge is 0.168 e. The zero-order valence-electron chi connectivity index (χ0n) is 16.3. The van der Waals surface area contributed by atoms with E-state index in [0.717, 1.165) is 19.3 Å². The van der Waals surface area contributed by atoms with Crippen molar-refractivity contribution in [2.24, 2.45) is 34.5 Å². The lowest BCUT2D eigenvalue weighted by Crippen LogP contribution is -2.64. The Morgan fingerprint density at radius 2 is 1.70 bits per heavy atom. The van der Waals surface area contributed by atoms with Crippen molar-refractivity contribution in [1.82, 2.24) is 0 Å². The van der Waals surface area contributed by atoms with Crippen LogP contribution >= 0.6 is 0 Å². The summed E-state index contributed by atoms with van der Waals surface area (Å²) in [5.74, 6) is -0.700. The maximum Gasteiger partial charge on any atom is 0.168 e. The predicted octanol–water partition coefficient (Wildman–Crippen LogP) is 1.25. The Labute approximate surface area is 160 Å². The number of hydrogen-bond acceptors (Lipinski definition) is 6. The number of carbonyl (C=O) groups excluding carboxylic acids is 1. The number of carbonyl (C=O) groups is 1. The maximum absolute atomic E-state index is 12.6. The van der Waals surface area contributed by atoms with Crippen molar-refractivity contribution < 1.29 is 29.6 Å². The molecule has 5 rings (SSSR count). The van der Waals surface area contributed by atoms with Gasteiger partial charge in [-0.25, -0.2) is 0 Å². The van der Waals surface area contributed by atoms with Gasteiger partial charge in [0, 0.05) is 25.2 Å². The molecule has 6 heteroatoms. The summed E-state index contributed by atoms with van der Waals surface area (Å²) in [6, 6.07) is 0. The van der Waals surface area contributed by atoms with Crippen LogP contribution in [0, 0.1) is 34.5 Å². The molecule has 4 aliphatic carbocycles. The Bertz CT molecular complexity index is 645. The van der Waals surface area contributed by atoms with Gasteiger partial charge < -0.3 is 24.8 Å². The van der Waals surface area contributed by atoms with Gasteiger partial charge in [-0.1, -0.05) is 6.92 Å². The van der Waals surface area contributed by atoms with E-state index in [1.54, 1.807) is 6.92 Å². The number of aliphatic hydroxyl groups is 3. The first-order chi connectivity index (χ1) is 12.7. The number of hydrogen-bond donors (Lipinski definition) is 3. The predicted molar refractivity (Wildman–Crippen MR) is 95.5 cm³/mol. The molecule has 0 amide bonds. The van der Waals surface area contributed by atoms with Crippen molar-refractivity contribution in [2.75, 3.05) is 13.2 Å². The van der Waals surface area contributed by atoms with E-state index in [4.69, 9.17) is 9.47 Å². The van der Waals surface area contributed by atoms with Gasteiger partial charge >= 0.3 is 0 Å². The van der Waals surface area contributed by atoms with Crippen LogP contribution in [0.15, 0.2) is 0 Å². The largest absolute Gasteiger partial charge is 0.393 e. The van der Waals surface area contributed by atoms with E-state index < -0.39 is 29.5 Å². The summed E-state index contributed by atoms with van der Waals surface area (Å²) in [5, 5.41) is 32.9. The van der Waals surface area contributed by atoms with Crippen LogP contribution in [-0.4, -0.2) is 58.4 Å². The van der Waals surface area contributed by atoms with E-state index in [-0.39, 0.29) is 41.3 Å². The number of ketones is 1. The van der Waals surface area contributed by atoms with Crippen molar-refractivity contribution in [3.05, 3.63) is 0 Å². The third kappa shape index (κ3) is 2.28. The van der Waals surface area contributed by atoms with E-state index in [9.17, 15) is 20.1 Å². The summed E-state index contributed by atoms with van der Waals surface area (Å²) in [4.78, 5) is 12.6. The van der Waals surface area contributed by atoms with Crippen LogP contribution in [0.5, 0.6) is 0 Å². The Morgan fingerprint density at radius 1 is 1.00 bits per heavy atom. The normalized spacial score (nSPS) is 56.6. The molecule has 1 spiro atoms. The quantitative estimate of drug-likeness (QED) is 0.585. The molecule has 9 atom stereocenters. The molecule has 6 nitrogen and oxygen atoms in total. The maximum atomic E-state index is 12.6. The number of ether oxygens (including phenoxy) is 2.